The Hall–Kier alpha value is -5.44. The van der Waals surface area contributed by atoms with Gasteiger partial charge in [0, 0.05) is 40.2 Å². The van der Waals surface area contributed by atoms with Crippen molar-refractivity contribution in [2.24, 2.45) is 5.92 Å². The molecule has 1 saturated heterocycles. The number of nitro benzene ring substituents is 1. The standard InChI is InChI=1S/C34H24FN3O5/c1-19-18-28-34(25-7-3-4-8-26(25)36-33(34)41)29(31(39)20-10-14-22(35)15-11-20)30(37(28)27-9-5-2-6-24(19)27)32(40)21-12-16-23(17-13-21)38(42)43/h2-18,28-30H,1H3,(H,36,41)/t28-,29+,30-,34-/m0/s1. The average Bonchev–Trinajstić information content (AvgIpc) is 3.49. The molecule has 1 spiro atoms. The topological polar surface area (TPSA) is 110 Å². The summed E-state index contributed by atoms with van der Waals surface area (Å²) in [5.41, 5.74) is 2.23. The van der Waals surface area contributed by atoms with Gasteiger partial charge in [-0.3, -0.25) is 24.5 Å². The van der Waals surface area contributed by atoms with Gasteiger partial charge in [-0.1, -0.05) is 42.5 Å². The molecule has 7 rings (SSSR count). The average molecular weight is 574 g/mol. The number of para-hydroxylation sites is 2. The van der Waals surface area contributed by atoms with E-state index in [1.54, 1.807) is 24.3 Å². The van der Waals surface area contributed by atoms with Crippen molar-refractivity contribution in [3.05, 3.63) is 141 Å². The highest BCUT2D eigenvalue weighted by atomic mass is 19.1. The lowest BCUT2D eigenvalue weighted by atomic mass is 9.64. The summed E-state index contributed by atoms with van der Waals surface area (Å²) in [7, 11) is 0. The molecule has 4 aromatic rings. The third kappa shape index (κ3) is 3.71. The largest absolute Gasteiger partial charge is 0.352 e. The van der Waals surface area contributed by atoms with Gasteiger partial charge in [0.25, 0.3) is 5.69 Å². The van der Waals surface area contributed by atoms with Crippen molar-refractivity contribution in [2.45, 2.75) is 24.4 Å². The first kappa shape index (κ1) is 26.5. The van der Waals surface area contributed by atoms with Crippen LogP contribution >= 0.6 is 0 Å². The van der Waals surface area contributed by atoms with E-state index in [9.17, 15) is 28.9 Å². The van der Waals surface area contributed by atoms with Gasteiger partial charge in [-0.05, 0) is 66.6 Å². The lowest BCUT2D eigenvalue weighted by Crippen LogP contribution is -2.51. The molecule has 3 aliphatic heterocycles. The number of benzene rings is 4. The molecule has 9 heteroatoms. The number of nitrogens with one attached hydrogen (secondary N) is 1. The highest BCUT2D eigenvalue weighted by Crippen LogP contribution is 2.58. The van der Waals surface area contributed by atoms with Gasteiger partial charge in [0.15, 0.2) is 11.6 Å². The second-order valence-electron chi connectivity index (χ2n) is 11.0. The fraction of sp³-hybridized carbons (Fsp3) is 0.147. The molecule has 1 N–H and O–H groups in total. The second kappa shape index (κ2) is 9.55. The number of anilines is 2. The van der Waals surface area contributed by atoms with Crippen LogP contribution in [-0.4, -0.2) is 34.5 Å². The number of non-ortho nitro benzene ring substituents is 1. The van der Waals surface area contributed by atoms with Gasteiger partial charge in [-0.25, -0.2) is 4.39 Å². The molecule has 0 aliphatic carbocycles. The molecule has 0 saturated carbocycles. The van der Waals surface area contributed by atoms with Crippen LogP contribution in [0.25, 0.3) is 5.57 Å². The smallest absolute Gasteiger partial charge is 0.269 e. The summed E-state index contributed by atoms with van der Waals surface area (Å²) in [4.78, 5) is 56.4. The van der Waals surface area contributed by atoms with Crippen LogP contribution in [0.5, 0.6) is 0 Å². The zero-order chi connectivity index (χ0) is 30.0. The van der Waals surface area contributed by atoms with Crippen molar-refractivity contribution in [3.63, 3.8) is 0 Å². The van der Waals surface area contributed by atoms with Crippen molar-refractivity contribution in [3.8, 4) is 0 Å². The number of amides is 1. The van der Waals surface area contributed by atoms with E-state index in [4.69, 9.17) is 0 Å². The van der Waals surface area contributed by atoms with Crippen LogP contribution in [-0.2, 0) is 10.2 Å². The lowest BCUT2D eigenvalue weighted by Gasteiger charge is -2.39. The molecular weight excluding hydrogens is 549 g/mol. The Morgan fingerprint density at radius 3 is 2.23 bits per heavy atom. The van der Waals surface area contributed by atoms with Crippen LogP contribution in [0.4, 0.5) is 21.5 Å². The zero-order valence-electron chi connectivity index (χ0n) is 22.9. The van der Waals surface area contributed by atoms with Crippen LogP contribution in [0.3, 0.4) is 0 Å². The number of hydrogen-bond acceptors (Lipinski definition) is 6. The SMILES string of the molecule is CC1=C[C@@H]2N(c3ccccc31)[C@H](C(=O)c1ccc([N+](=O)[O-])cc1)[C@H](C(=O)c1ccc(F)cc1)[C@@]21C(=O)Nc2ccccc21. The molecule has 4 atom stereocenters. The molecule has 8 nitrogen and oxygen atoms in total. The Kier molecular flexibility index (Phi) is 5.88. The van der Waals surface area contributed by atoms with E-state index in [1.165, 1.54) is 48.5 Å². The van der Waals surface area contributed by atoms with E-state index >= 15 is 0 Å². The van der Waals surface area contributed by atoms with Gasteiger partial charge in [-0.2, -0.15) is 0 Å². The normalized spacial score (nSPS) is 23.2. The molecule has 212 valence electrons. The first-order valence-electron chi connectivity index (χ1n) is 13.8. The van der Waals surface area contributed by atoms with Crippen LogP contribution in [0.2, 0.25) is 0 Å². The van der Waals surface area contributed by atoms with Crippen LogP contribution in [0, 0.1) is 21.8 Å². The predicted octanol–water partition coefficient (Wildman–Crippen LogP) is 5.98. The Labute approximate surface area is 245 Å². The molecule has 0 unspecified atom stereocenters. The summed E-state index contributed by atoms with van der Waals surface area (Å²) in [6.07, 6.45) is 1.94. The molecule has 43 heavy (non-hydrogen) atoms. The number of allylic oxidation sites excluding steroid dienone is 1. The third-order valence-corrected chi connectivity index (χ3v) is 8.93. The Morgan fingerprint density at radius 1 is 0.884 bits per heavy atom. The van der Waals surface area contributed by atoms with Crippen molar-refractivity contribution in [2.75, 3.05) is 10.2 Å². The van der Waals surface area contributed by atoms with E-state index in [0.717, 1.165) is 11.1 Å². The predicted molar refractivity (Wildman–Crippen MR) is 159 cm³/mol. The summed E-state index contributed by atoms with van der Waals surface area (Å²) >= 11 is 0. The number of hydrogen-bond donors (Lipinski definition) is 1. The Morgan fingerprint density at radius 2 is 1.51 bits per heavy atom. The first-order chi connectivity index (χ1) is 20.7. The monoisotopic (exact) mass is 573 g/mol. The number of ketones is 2. The fourth-order valence-corrected chi connectivity index (χ4v) is 7.10. The summed E-state index contributed by atoms with van der Waals surface area (Å²) in [5.74, 6) is -3.11. The van der Waals surface area contributed by atoms with Gasteiger partial charge < -0.3 is 10.2 Å². The number of nitrogens with zero attached hydrogens (tertiary/aromatic N) is 2. The van der Waals surface area contributed by atoms with Crippen molar-refractivity contribution >= 4 is 40.1 Å². The molecule has 3 heterocycles. The van der Waals surface area contributed by atoms with Crippen molar-refractivity contribution in [1.82, 2.24) is 0 Å². The Balaban J connectivity index is 1.53. The molecule has 1 amide bonds. The minimum Gasteiger partial charge on any atom is -0.352 e. The van der Waals surface area contributed by atoms with Gasteiger partial charge >= 0.3 is 0 Å². The summed E-state index contributed by atoms with van der Waals surface area (Å²) in [5, 5.41) is 14.3. The maximum atomic E-state index is 14.7. The van der Waals surface area contributed by atoms with Crippen molar-refractivity contribution in [1.29, 1.82) is 0 Å². The fourth-order valence-electron chi connectivity index (χ4n) is 7.10. The van der Waals surface area contributed by atoms with Crippen LogP contribution < -0.4 is 10.2 Å². The first-order valence-corrected chi connectivity index (χ1v) is 13.8. The number of fused-ring (bicyclic) bond motifs is 6. The number of Topliss-reactive ketones (excluding diaryl/α,β-unsaturated/α-hetero) is 2. The molecule has 3 aliphatic rings. The maximum Gasteiger partial charge on any atom is 0.269 e. The van der Waals surface area contributed by atoms with Crippen molar-refractivity contribution < 1.29 is 23.7 Å². The van der Waals surface area contributed by atoms with Crippen LogP contribution in [0.1, 0.15) is 38.8 Å². The molecular formula is C34H24FN3O5. The highest BCUT2D eigenvalue weighted by molar-refractivity contribution is 6.18. The third-order valence-electron chi connectivity index (χ3n) is 8.93. The number of carbonyl (C=O) groups excluding carboxylic acids is 3. The van der Waals surface area contributed by atoms with E-state index in [-0.39, 0.29) is 16.8 Å². The lowest BCUT2D eigenvalue weighted by molar-refractivity contribution is -0.384. The molecule has 1 fully saturated rings. The molecule has 0 radical (unpaired) electrons. The second-order valence-corrected chi connectivity index (χ2v) is 11.0. The minimum atomic E-state index is -1.52. The summed E-state index contributed by atoms with van der Waals surface area (Å²) in [6.45, 7) is 1.94. The van der Waals surface area contributed by atoms with E-state index < -0.39 is 51.6 Å². The summed E-state index contributed by atoms with van der Waals surface area (Å²) < 4.78 is 14.0. The van der Waals surface area contributed by atoms with E-state index in [0.29, 0.717) is 16.9 Å². The van der Waals surface area contributed by atoms with Gasteiger partial charge in [0.05, 0.1) is 16.9 Å². The maximum absolute atomic E-state index is 14.7. The molecule has 4 aromatic carbocycles. The quantitative estimate of drug-likeness (QED) is 0.179. The van der Waals surface area contributed by atoms with Crippen LogP contribution in [0.15, 0.2) is 103 Å². The minimum absolute atomic E-state index is 0.165. The van der Waals surface area contributed by atoms with E-state index in [1.807, 2.05) is 42.2 Å². The van der Waals surface area contributed by atoms with Gasteiger partial charge in [-0.15, -0.1) is 0 Å². The summed E-state index contributed by atoms with van der Waals surface area (Å²) in [6, 6.07) is 23.1. The van der Waals surface area contributed by atoms with Gasteiger partial charge in [0.2, 0.25) is 5.91 Å². The highest BCUT2D eigenvalue weighted by Gasteiger charge is 2.70. The number of nitro groups is 1. The van der Waals surface area contributed by atoms with E-state index in [2.05, 4.69) is 5.32 Å². The number of halogens is 1. The zero-order valence-corrected chi connectivity index (χ0v) is 22.9. The number of rotatable bonds is 5. The molecule has 0 aromatic heterocycles. The number of carbonyl (C=O) groups is 3. The van der Waals surface area contributed by atoms with Gasteiger partial charge in [0.1, 0.15) is 17.3 Å². The molecule has 0 bridgehead atoms. The Bertz CT molecular complexity index is 1880.